The van der Waals surface area contributed by atoms with Gasteiger partial charge in [0.25, 0.3) is 0 Å². The van der Waals surface area contributed by atoms with Gasteiger partial charge in [-0.25, -0.2) is 0 Å². The first-order chi connectivity index (χ1) is 11.0. The molecule has 1 unspecified atom stereocenters. The van der Waals surface area contributed by atoms with Gasteiger partial charge < -0.3 is 9.84 Å². The first-order valence-corrected chi connectivity index (χ1v) is 7.82. The number of benzene rings is 2. The van der Waals surface area contributed by atoms with E-state index in [0.29, 0.717) is 5.75 Å². The van der Waals surface area contributed by atoms with Crippen molar-refractivity contribution in [3.63, 3.8) is 0 Å². The minimum absolute atomic E-state index is 0.0269. The van der Waals surface area contributed by atoms with Crippen LogP contribution in [0.3, 0.4) is 0 Å². The molecule has 3 nitrogen and oxygen atoms in total. The maximum absolute atomic E-state index is 9.62. The molecule has 0 bridgehead atoms. The standard InChI is InChI=1S/C17H14Cl3NO2/c1-23-14-9-11(7-8-13(14)22)10-21-16(15(18)17(19)20)12-5-3-2-4-6-12/h2-10,16,22H,1H3. The molecule has 0 saturated heterocycles. The first kappa shape index (κ1) is 17.7. The summed E-state index contributed by atoms with van der Waals surface area (Å²) in [6, 6.07) is 13.8. The summed E-state index contributed by atoms with van der Waals surface area (Å²) in [5.41, 5.74) is 1.61. The topological polar surface area (TPSA) is 41.8 Å². The Labute approximate surface area is 149 Å². The Morgan fingerprint density at radius 2 is 1.83 bits per heavy atom. The molecule has 0 heterocycles. The molecule has 0 amide bonds. The van der Waals surface area contributed by atoms with E-state index in [0.717, 1.165) is 11.1 Å². The van der Waals surface area contributed by atoms with Crippen LogP contribution in [-0.2, 0) is 0 Å². The molecule has 0 radical (unpaired) electrons. The number of ether oxygens (including phenoxy) is 1. The molecule has 1 N–H and O–H groups in total. The van der Waals surface area contributed by atoms with E-state index >= 15 is 0 Å². The Morgan fingerprint density at radius 1 is 1.13 bits per heavy atom. The Kier molecular flexibility index (Phi) is 6.34. The van der Waals surface area contributed by atoms with Gasteiger partial charge in [0.15, 0.2) is 11.5 Å². The lowest BCUT2D eigenvalue weighted by Crippen LogP contribution is -1.98. The Hall–Kier alpha value is -1.68. The Bertz CT molecular complexity index is 726. The number of aliphatic imine (C=N–C) groups is 1. The van der Waals surface area contributed by atoms with Crippen molar-refractivity contribution in [2.45, 2.75) is 6.04 Å². The summed E-state index contributed by atoms with van der Waals surface area (Å²) >= 11 is 17.8. The molecule has 0 aliphatic heterocycles. The number of phenols is 1. The highest BCUT2D eigenvalue weighted by Crippen LogP contribution is 2.34. The van der Waals surface area contributed by atoms with Crippen molar-refractivity contribution in [1.82, 2.24) is 0 Å². The molecule has 0 spiro atoms. The minimum atomic E-state index is -0.511. The fourth-order valence-corrected chi connectivity index (χ4v) is 2.36. The van der Waals surface area contributed by atoms with Crippen molar-refractivity contribution in [2.24, 2.45) is 4.99 Å². The number of halogens is 3. The average molecular weight is 371 g/mol. The molecule has 6 heteroatoms. The van der Waals surface area contributed by atoms with Crippen LogP contribution >= 0.6 is 34.8 Å². The fourth-order valence-electron chi connectivity index (χ4n) is 1.97. The lowest BCUT2D eigenvalue weighted by molar-refractivity contribution is 0.373. The highest BCUT2D eigenvalue weighted by Gasteiger charge is 2.16. The van der Waals surface area contributed by atoms with Crippen molar-refractivity contribution in [3.8, 4) is 11.5 Å². The minimum Gasteiger partial charge on any atom is -0.504 e. The van der Waals surface area contributed by atoms with Crippen molar-refractivity contribution in [3.05, 3.63) is 69.2 Å². The van der Waals surface area contributed by atoms with Gasteiger partial charge in [-0.3, -0.25) is 4.99 Å². The van der Waals surface area contributed by atoms with Crippen LogP contribution in [0.5, 0.6) is 11.5 Å². The highest BCUT2D eigenvalue weighted by atomic mass is 35.5. The van der Waals surface area contributed by atoms with Crippen molar-refractivity contribution in [1.29, 1.82) is 0 Å². The molecule has 2 aromatic carbocycles. The van der Waals surface area contributed by atoms with E-state index in [4.69, 9.17) is 39.5 Å². The normalized spacial score (nSPS) is 12.2. The van der Waals surface area contributed by atoms with Crippen LogP contribution in [0.15, 0.2) is 63.0 Å². The third-order valence-corrected chi connectivity index (χ3v) is 4.11. The van der Waals surface area contributed by atoms with Gasteiger partial charge >= 0.3 is 0 Å². The summed E-state index contributed by atoms with van der Waals surface area (Å²) in [4.78, 5) is 4.47. The van der Waals surface area contributed by atoms with Crippen LogP contribution in [0.1, 0.15) is 17.2 Å². The zero-order chi connectivity index (χ0) is 16.8. The van der Waals surface area contributed by atoms with E-state index < -0.39 is 6.04 Å². The molecule has 2 rings (SSSR count). The van der Waals surface area contributed by atoms with Gasteiger partial charge in [-0.1, -0.05) is 65.1 Å². The molecule has 0 fully saturated rings. The van der Waals surface area contributed by atoms with E-state index in [1.807, 2.05) is 30.3 Å². The number of hydrogen-bond acceptors (Lipinski definition) is 3. The SMILES string of the molecule is COc1cc(C=NC(C(Cl)=C(Cl)Cl)c2ccccc2)ccc1O. The number of hydrogen-bond donors (Lipinski definition) is 1. The summed E-state index contributed by atoms with van der Waals surface area (Å²) in [6.45, 7) is 0. The molecular weight excluding hydrogens is 357 g/mol. The second-order valence-corrected chi connectivity index (χ2v) is 5.99. The van der Waals surface area contributed by atoms with Gasteiger partial charge in [0.05, 0.1) is 12.1 Å². The van der Waals surface area contributed by atoms with Crippen LogP contribution in [-0.4, -0.2) is 18.4 Å². The van der Waals surface area contributed by atoms with Crippen molar-refractivity contribution in [2.75, 3.05) is 7.11 Å². The second kappa shape index (κ2) is 8.25. The van der Waals surface area contributed by atoms with Crippen LogP contribution in [0.2, 0.25) is 0 Å². The molecule has 0 aliphatic rings. The highest BCUT2D eigenvalue weighted by molar-refractivity contribution is 6.59. The van der Waals surface area contributed by atoms with Crippen LogP contribution in [0, 0.1) is 0 Å². The van der Waals surface area contributed by atoms with Gasteiger partial charge in [0, 0.05) is 6.21 Å². The number of methoxy groups -OCH3 is 1. The quantitative estimate of drug-likeness (QED) is 0.711. The third kappa shape index (κ3) is 4.64. The van der Waals surface area contributed by atoms with Crippen molar-refractivity contribution >= 4 is 41.0 Å². The fraction of sp³-hybridized carbons (Fsp3) is 0.118. The molecule has 0 aromatic heterocycles. The summed E-state index contributed by atoms with van der Waals surface area (Å²) in [5.74, 6) is 0.424. The lowest BCUT2D eigenvalue weighted by atomic mass is 10.1. The maximum atomic E-state index is 9.62. The zero-order valence-electron chi connectivity index (χ0n) is 12.2. The molecule has 23 heavy (non-hydrogen) atoms. The van der Waals surface area contributed by atoms with Crippen LogP contribution < -0.4 is 4.74 Å². The first-order valence-electron chi connectivity index (χ1n) is 6.68. The van der Waals surface area contributed by atoms with E-state index in [1.165, 1.54) is 13.2 Å². The largest absolute Gasteiger partial charge is 0.504 e. The zero-order valence-corrected chi connectivity index (χ0v) is 14.5. The van der Waals surface area contributed by atoms with Gasteiger partial charge in [-0.2, -0.15) is 0 Å². The Morgan fingerprint density at radius 3 is 2.43 bits per heavy atom. The van der Waals surface area contributed by atoms with Gasteiger partial charge in [0.1, 0.15) is 10.5 Å². The second-order valence-electron chi connectivity index (χ2n) is 4.63. The molecule has 0 aliphatic carbocycles. The smallest absolute Gasteiger partial charge is 0.161 e. The maximum Gasteiger partial charge on any atom is 0.161 e. The van der Waals surface area contributed by atoms with Crippen LogP contribution in [0.4, 0.5) is 0 Å². The molecule has 1 atom stereocenters. The average Bonchev–Trinajstić information content (AvgIpc) is 2.57. The predicted molar refractivity (Wildman–Crippen MR) is 96.0 cm³/mol. The van der Waals surface area contributed by atoms with Gasteiger partial charge in [-0.05, 0) is 29.3 Å². The van der Waals surface area contributed by atoms with Crippen LogP contribution in [0.25, 0.3) is 0 Å². The summed E-state index contributed by atoms with van der Waals surface area (Å²) in [7, 11) is 1.48. The van der Waals surface area contributed by atoms with E-state index in [1.54, 1.807) is 18.3 Å². The summed E-state index contributed by atoms with van der Waals surface area (Å²) < 4.78 is 5.05. The number of rotatable bonds is 5. The third-order valence-electron chi connectivity index (χ3n) is 3.11. The van der Waals surface area contributed by atoms with Gasteiger partial charge in [0.2, 0.25) is 0 Å². The summed E-state index contributed by atoms with van der Waals surface area (Å²) in [5, 5.41) is 9.86. The van der Waals surface area contributed by atoms with Crippen molar-refractivity contribution < 1.29 is 9.84 Å². The monoisotopic (exact) mass is 369 g/mol. The van der Waals surface area contributed by atoms with E-state index in [2.05, 4.69) is 4.99 Å². The number of phenolic OH excluding ortho intramolecular Hbond substituents is 1. The summed E-state index contributed by atoms with van der Waals surface area (Å²) in [6.07, 6.45) is 1.62. The number of aromatic hydroxyl groups is 1. The molecule has 120 valence electrons. The number of nitrogens with zero attached hydrogens (tertiary/aromatic N) is 1. The lowest BCUT2D eigenvalue weighted by Gasteiger charge is -2.12. The van der Waals surface area contributed by atoms with Gasteiger partial charge in [-0.15, -0.1) is 0 Å². The Balaban J connectivity index is 2.37. The molecule has 2 aromatic rings. The van der Waals surface area contributed by atoms with E-state index in [9.17, 15) is 5.11 Å². The predicted octanol–water partition coefficient (Wildman–Crippen LogP) is 5.45. The van der Waals surface area contributed by atoms with E-state index in [-0.39, 0.29) is 15.3 Å². The molecular formula is C17H14Cl3NO2. The molecule has 0 saturated carbocycles.